The molecule has 3 amide bonds. The number of carbonyl (C=O) groups is 2. The monoisotopic (exact) mass is 366 g/mol. The number of piperidine rings is 1. The molecule has 3 fully saturated rings. The molecule has 0 bridgehead atoms. The van der Waals surface area contributed by atoms with Gasteiger partial charge in [0.2, 0.25) is 5.91 Å². The normalized spacial score (nSPS) is 28.5. The third kappa shape index (κ3) is 4.14. The summed E-state index contributed by atoms with van der Waals surface area (Å²) in [6.45, 7) is 6.17. The molecule has 7 nitrogen and oxygen atoms in total. The van der Waals surface area contributed by atoms with Crippen molar-refractivity contribution in [1.82, 2.24) is 19.6 Å². The van der Waals surface area contributed by atoms with Gasteiger partial charge in [-0.3, -0.25) is 9.69 Å². The second-order valence-corrected chi connectivity index (χ2v) is 8.02. The Balaban J connectivity index is 1.67. The zero-order valence-electron chi connectivity index (χ0n) is 16.4. The van der Waals surface area contributed by atoms with Gasteiger partial charge in [-0.2, -0.15) is 0 Å². The fraction of sp³-hybridized carbons (Fsp3) is 0.895. The number of piperazine rings is 1. The van der Waals surface area contributed by atoms with Crippen molar-refractivity contribution in [2.24, 2.45) is 0 Å². The maximum absolute atomic E-state index is 13.0. The molecule has 0 N–H and O–H groups in total. The number of nitrogens with zero attached hydrogens (tertiary/aromatic N) is 4. The molecule has 3 aliphatic rings. The maximum atomic E-state index is 13.0. The number of urea groups is 1. The van der Waals surface area contributed by atoms with E-state index in [0.717, 1.165) is 65.0 Å². The first-order chi connectivity index (χ1) is 12.6. The molecule has 3 aliphatic heterocycles. The van der Waals surface area contributed by atoms with E-state index in [2.05, 4.69) is 11.9 Å². The molecular formula is C19H34N4O3. The molecule has 0 aliphatic carbocycles. The molecule has 0 aromatic heterocycles. The van der Waals surface area contributed by atoms with Gasteiger partial charge in [-0.25, -0.2) is 4.79 Å². The molecule has 0 aromatic carbocycles. The summed E-state index contributed by atoms with van der Waals surface area (Å²) in [5.41, 5.74) is -0.0822. The highest BCUT2D eigenvalue weighted by Crippen LogP contribution is 2.32. The molecule has 1 spiro atoms. The number of likely N-dealkylation sites (tertiary alicyclic amines) is 2. The summed E-state index contributed by atoms with van der Waals surface area (Å²) < 4.78 is 5.14. The first-order valence-corrected chi connectivity index (χ1v) is 10.1. The van der Waals surface area contributed by atoms with Crippen molar-refractivity contribution in [3.8, 4) is 0 Å². The number of carbonyl (C=O) groups excluding carboxylic acids is 2. The number of hydrogen-bond acceptors (Lipinski definition) is 4. The Bertz CT molecular complexity index is 509. The van der Waals surface area contributed by atoms with E-state index in [1.807, 2.05) is 14.7 Å². The van der Waals surface area contributed by atoms with Gasteiger partial charge in [-0.1, -0.05) is 0 Å². The van der Waals surface area contributed by atoms with Crippen molar-refractivity contribution in [2.45, 2.75) is 44.1 Å². The van der Waals surface area contributed by atoms with Crippen LogP contribution in [0.4, 0.5) is 4.79 Å². The lowest BCUT2D eigenvalue weighted by Gasteiger charge is -2.50. The summed E-state index contributed by atoms with van der Waals surface area (Å²) in [7, 11) is 3.82. The van der Waals surface area contributed by atoms with E-state index in [1.165, 1.54) is 6.42 Å². The Labute approximate surface area is 157 Å². The van der Waals surface area contributed by atoms with E-state index in [-0.39, 0.29) is 17.5 Å². The third-order valence-electron chi connectivity index (χ3n) is 6.47. The highest BCUT2D eigenvalue weighted by atomic mass is 16.5. The summed E-state index contributed by atoms with van der Waals surface area (Å²) in [6.07, 6.45) is 5.77. The minimum Gasteiger partial charge on any atom is -0.383 e. The van der Waals surface area contributed by atoms with E-state index < -0.39 is 0 Å². The lowest BCUT2D eigenvalue weighted by molar-refractivity contribution is -0.131. The van der Waals surface area contributed by atoms with Gasteiger partial charge < -0.3 is 19.4 Å². The Morgan fingerprint density at radius 1 is 1.04 bits per heavy atom. The number of hydrogen-bond donors (Lipinski definition) is 0. The van der Waals surface area contributed by atoms with Crippen LogP contribution in [0.3, 0.4) is 0 Å². The van der Waals surface area contributed by atoms with Crippen molar-refractivity contribution >= 4 is 11.9 Å². The summed E-state index contributed by atoms with van der Waals surface area (Å²) >= 11 is 0. The SMILES string of the molecule is COCCN1CC[C@]2(CCC1=O)CN(C(=O)N1CCCCC1)CCN2C. The minimum absolute atomic E-state index is 0.0822. The topological polar surface area (TPSA) is 56.3 Å². The van der Waals surface area contributed by atoms with E-state index in [1.54, 1.807) is 7.11 Å². The van der Waals surface area contributed by atoms with Crippen LogP contribution in [0.1, 0.15) is 38.5 Å². The van der Waals surface area contributed by atoms with Crippen LogP contribution >= 0.6 is 0 Å². The molecule has 3 heterocycles. The number of ether oxygens (including phenoxy) is 1. The van der Waals surface area contributed by atoms with Gasteiger partial charge in [0.05, 0.1) is 6.61 Å². The highest BCUT2D eigenvalue weighted by molar-refractivity contribution is 5.77. The van der Waals surface area contributed by atoms with Gasteiger partial charge in [-0.05, 0) is 39.2 Å². The Kier molecular flexibility index (Phi) is 6.40. The summed E-state index contributed by atoms with van der Waals surface area (Å²) in [5, 5.41) is 0. The highest BCUT2D eigenvalue weighted by Gasteiger charge is 2.44. The number of likely N-dealkylation sites (N-methyl/N-ethyl adjacent to an activating group) is 1. The van der Waals surface area contributed by atoms with Gasteiger partial charge in [0.25, 0.3) is 0 Å². The molecule has 26 heavy (non-hydrogen) atoms. The smallest absolute Gasteiger partial charge is 0.320 e. The first-order valence-electron chi connectivity index (χ1n) is 10.1. The second kappa shape index (κ2) is 8.57. The fourth-order valence-electron chi connectivity index (χ4n) is 4.58. The number of methoxy groups -OCH3 is 1. The lowest BCUT2D eigenvalue weighted by atomic mass is 9.86. The van der Waals surface area contributed by atoms with Gasteiger partial charge in [0, 0.05) is 64.9 Å². The largest absolute Gasteiger partial charge is 0.383 e. The molecule has 148 valence electrons. The van der Waals surface area contributed by atoms with E-state index in [4.69, 9.17) is 4.74 Å². The molecule has 3 rings (SSSR count). The van der Waals surface area contributed by atoms with Crippen molar-refractivity contribution in [2.75, 3.05) is 66.6 Å². The molecule has 7 heteroatoms. The average Bonchev–Trinajstić information content (AvgIpc) is 2.83. The van der Waals surface area contributed by atoms with Crippen LogP contribution in [-0.2, 0) is 9.53 Å². The second-order valence-electron chi connectivity index (χ2n) is 8.02. The van der Waals surface area contributed by atoms with Crippen LogP contribution in [-0.4, -0.2) is 104 Å². The van der Waals surface area contributed by atoms with Crippen molar-refractivity contribution in [1.29, 1.82) is 0 Å². The van der Waals surface area contributed by atoms with Crippen molar-refractivity contribution in [3.05, 3.63) is 0 Å². The van der Waals surface area contributed by atoms with Gasteiger partial charge in [-0.15, -0.1) is 0 Å². The fourth-order valence-corrected chi connectivity index (χ4v) is 4.58. The molecule has 1 atom stereocenters. The Morgan fingerprint density at radius 3 is 2.54 bits per heavy atom. The van der Waals surface area contributed by atoms with E-state index in [9.17, 15) is 9.59 Å². The summed E-state index contributed by atoms with van der Waals surface area (Å²) in [4.78, 5) is 33.8. The van der Waals surface area contributed by atoms with Gasteiger partial charge >= 0.3 is 6.03 Å². The summed E-state index contributed by atoms with van der Waals surface area (Å²) in [5.74, 6) is 0.215. The Morgan fingerprint density at radius 2 is 1.81 bits per heavy atom. The minimum atomic E-state index is -0.0822. The van der Waals surface area contributed by atoms with Crippen LogP contribution in [0.25, 0.3) is 0 Å². The predicted octanol–water partition coefficient (Wildman–Crippen LogP) is 1.24. The van der Waals surface area contributed by atoms with Crippen LogP contribution in [0, 0.1) is 0 Å². The molecule has 0 unspecified atom stereocenters. The predicted molar refractivity (Wildman–Crippen MR) is 100 cm³/mol. The molecular weight excluding hydrogens is 332 g/mol. The van der Waals surface area contributed by atoms with Gasteiger partial charge in [0.1, 0.15) is 0 Å². The standard InChI is InChI=1S/C19H34N4O3/c1-20-12-13-23(18(25)22-9-4-3-5-10-22)16-19(20)7-6-17(24)21(11-8-19)14-15-26-2/h3-16H2,1-2H3/t19-/m1/s1. The lowest BCUT2D eigenvalue weighted by Crippen LogP contribution is -2.63. The van der Waals surface area contributed by atoms with Crippen LogP contribution in [0.15, 0.2) is 0 Å². The zero-order valence-corrected chi connectivity index (χ0v) is 16.4. The van der Waals surface area contributed by atoms with E-state index >= 15 is 0 Å². The molecule has 0 radical (unpaired) electrons. The quantitative estimate of drug-likeness (QED) is 0.754. The van der Waals surface area contributed by atoms with Crippen molar-refractivity contribution < 1.29 is 14.3 Å². The number of amides is 3. The summed E-state index contributed by atoms with van der Waals surface area (Å²) in [6, 6.07) is 0.198. The maximum Gasteiger partial charge on any atom is 0.320 e. The van der Waals surface area contributed by atoms with Gasteiger partial charge in [0.15, 0.2) is 0 Å². The molecule has 3 saturated heterocycles. The Hall–Kier alpha value is -1.34. The zero-order chi connectivity index (χ0) is 18.6. The molecule has 0 aromatic rings. The van der Waals surface area contributed by atoms with Crippen molar-refractivity contribution in [3.63, 3.8) is 0 Å². The van der Waals surface area contributed by atoms with Crippen LogP contribution in [0.5, 0.6) is 0 Å². The number of rotatable bonds is 3. The van der Waals surface area contributed by atoms with E-state index in [0.29, 0.717) is 19.6 Å². The average molecular weight is 367 g/mol. The van der Waals surface area contributed by atoms with Crippen LogP contribution < -0.4 is 0 Å². The molecule has 0 saturated carbocycles. The third-order valence-corrected chi connectivity index (χ3v) is 6.47. The van der Waals surface area contributed by atoms with Crippen LogP contribution in [0.2, 0.25) is 0 Å². The first kappa shape index (κ1) is 19.4.